The summed E-state index contributed by atoms with van der Waals surface area (Å²) in [6.45, 7) is 4.80. The Balaban J connectivity index is 2.28. The standard InChI is InChI=1S/C13H22BrN7/c1-4-5-15-11(13-16-9-17-19-13)12-10(14)8-18-21(12)7-6-20(2)3/h8-9,11,15H,4-7H2,1-3H3,(H,16,17,19). The van der Waals surface area contributed by atoms with Gasteiger partial charge in [-0.05, 0) is 43.0 Å². The molecule has 0 aliphatic carbocycles. The molecule has 0 aliphatic heterocycles. The van der Waals surface area contributed by atoms with Crippen LogP contribution in [0.4, 0.5) is 0 Å². The van der Waals surface area contributed by atoms with Crippen molar-refractivity contribution in [2.24, 2.45) is 0 Å². The fourth-order valence-electron chi connectivity index (χ4n) is 2.10. The molecule has 2 N–H and O–H groups in total. The van der Waals surface area contributed by atoms with E-state index in [9.17, 15) is 0 Å². The number of rotatable bonds is 8. The molecular formula is C13H22BrN7. The molecule has 0 spiro atoms. The predicted molar refractivity (Wildman–Crippen MR) is 85.0 cm³/mol. The molecule has 0 saturated heterocycles. The maximum absolute atomic E-state index is 4.47. The first-order valence-corrected chi connectivity index (χ1v) is 7.87. The summed E-state index contributed by atoms with van der Waals surface area (Å²) in [6.07, 6.45) is 4.42. The van der Waals surface area contributed by atoms with E-state index in [0.29, 0.717) is 0 Å². The zero-order chi connectivity index (χ0) is 15.2. The summed E-state index contributed by atoms with van der Waals surface area (Å²) in [5, 5.41) is 14.9. The van der Waals surface area contributed by atoms with Crippen molar-refractivity contribution in [2.45, 2.75) is 25.9 Å². The summed E-state index contributed by atoms with van der Waals surface area (Å²) < 4.78 is 2.99. The smallest absolute Gasteiger partial charge is 0.147 e. The minimum absolute atomic E-state index is 0.0495. The summed E-state index contributed by atoms with van der Waals surface area (Å²) in [5.74, 6) is 0.802. The van der Waals surface area contributed by atoms with Crippen LogP contribution in [0.2, 0.25) is 0 Å². The predicted octanol–water partition coefficient (Wildman–Crippen LogP) is 1.41. The van der Waals surface area contributed by atoms with Crippen LogP contribution in [-0.4, -0.2) is 57.0 Å². The summed E-state index contributed by atoms with van der Waals surface area (Å²) in [5.41, 5.74) is 1.07. The Morgan fingerprint density at radius 3 is 2.90 bits per heavy atom. The third-order valence-electron chi connectivity index (χ3n) is 3.17. The number of nitrogens with one attached hydrogen (secondary N) is 2. The Morgan fingerprint density at radius 1 is 1.48 bits per heavy atom. The van der Waals surface area contributed by atoms with E-state index in [0.717, 1.165) is 42.0 Å². The second-order valence-electron chi connectivity index (χ2n) is 5.16. The first kappa shape index (κ1) is 16.1. The van der Waals surface area contributed by atoms with Crippen LogP contribution in [0, 0.1) is 0 Å². The van der Waals surface area contributed by atoms with Crippen LogP contribution >= 0.6 is 15.9 Å². The fraction of sp³-hybridized carbons (Fsp3) is 0.615. The molecule has 2 aromatic rings. The van der Waals surface area contributed by atoms with Crippen LogP contribution in [0.25, 0.3) is 0 Å². The van der Waals surface area contributed by atoms with E-state index in [1.54, 1.807) is 0 Å². The molecule has 1 atom stereocenters. The molecule has 0 radical (unpaired) electrons. The molecule has 7 nitrogen and oxygen atoms in total. The molecule has 2 aromatic heterocycles. The summed E-state index contributed by atoms with van der Waals surface area (Å²) in [4.78, 5) is 6.44. The summed E-state index contributed by atoms with van der Waals surface area (Å²) >= 11 is 3.60. The first-order valence-electron chi connectivity index (χ1n) is 7.08. The van der Waals surface area contributed by atoms with Crippen LogP contribution in [0.1, 0.15) is 30.9 Å². The van der Waals surface area contributed by atoms with Crippen LogP contribution < -0.4 is 5.32 Å². The van der Waals surface area contributed by atoms with Gasteiger partial charge >= 0.3 is 0 Å². The van der Waals surface area contributed by atoms with Crippen molar-refractivity contribution >= 4 is 15.9 Å². The normalized spacial score (nSPS) is 13.0. The Bertz CT molecular complexity index is 535. The summed E-state index contributed by atoms with van der Waals surface area (Å²) in [7, 11) is 4.11. The van der Waals surface area contributed by atoms with Gasteiger partial charge in [-0.1, -0.05) is 6.92 Å². The van der Waals surface area contributed by atoms with Crippen molar-refractivity contribution in [3.8, 4) is 0 Å². The van der Waals surface area contributed by atoms with E-state index in [1.165, 1.54) is 6.33 Å². The number of aromatic nitrogens is 5. The lowest BCUT2D eigenvalue weighted by molar-refractivity contribution is 0.364. The Morgan fingerprint density at radius 2 is 2.29 bits per heavy atom. The lowest BCUT2D eigenvalue weighted by Crippen LogP contribution is -2.29. The van der Waals surface area contributed by atoms with Crippen molar-refractivity contribution in [3.63, 3.8) is 0 Å². The highest BCUT2D eigenvalue weighted by atomic mass is 79.9. The van der Waals surface area contributed by atoms with Crippen LogP contribution in [0.3, 0.4) is 0 Å². The van der Waals surface area contributed by atoms with Gasteiger partial charge in [0.25, 0.3) is 0 Å². The average molecular weight is 356 g/mol. The van der Waals surface area contributed by atoms with Crippen LogP contribution in [-0.2, 0) is 6.54 Å². The molecule has 0 aliphatic rings. The largest absolute Gasteiger partial charge is 0.308 e. The molecule has 1 unspecified atom stereocenters. The van der Waals surface area contributed by atoms with E-state index in [1.807, 2.05) is 10.9 Å². The van der Waals surface area contributed by atoms with Gasteiger partial charge in [0.15, 0.2) is 0 Å². The van der Waals surface area contributed by atoms with E-state index < -0.39 is 0 Å². The molecule has 0 fully saturated rings. The highest BCUT2D eigenvalue weighted by Crippen LogP contribution is 2.26. The van der Waals surface area contributed by atoms with E-state index >= 15 is 0 Å². The molecule has 2 heterocycles. The van der Waals surface area contributed by atoms with Gasteiger partial charge in [-0.15, -0.1) is 0 Å². The minimum atomic E-state index is -0.0495. The number of halogens is 1. The van der Waals surface area contributed by atoms with Gasteiger partial charge in [-0.3, -0.25) is 9.78 Å². The van der Waals surface area contributed by atoms with Crippen molar-refractivity contribution in [1.82, 2.24) is 35.2 Å². The minimum Gasteiger partial charge on any atom is -0.308 e. The monoisotopic (exact) mass is 355 g/mol. The van der Waals surface area contributed by atoms with E-state index in [2.05, 4.69) is 67.4 Å². The topological polar surface area (TPSA) is 74.7 Å². The number of H-pyrrole nitrogens is 1. The summed E-state index contributed by atoms with van der Waals surface area (Å²) in [6, 6.07) is -0.0495. The molecule has 2 rings (SSSR count). The van der Waals surface area contributed by atoms with E-state index in [4.69, 9.17) is 0 Å². The molecule has 21 heavy (non-hydrogen) atoms. The molecule has 116 valence electrons. The molecule has 0 aromatic carbocycles. The number of nitrogens with zero attached hydrogens (tertiary/aromatic N) is 5. The van der Waals surface area contributed by atoms with Gasteiger partial charge in [0.05, 0.1) is 22.9 Å². The second kappa shape index (κ2) is 7.67. The van der Waals surface area contributed by atoms with Gasteiger partial charge in [0, 0.05) is 6.54 Å². The van der Waals surface area contributed by atoms with Gasteiger partial charge in [-0.2, -0.15) is 10.2 Å². The second-order valence-corrected chi connectivity index (χ2v) is 6.02. The Hall–Kier alpha value is -1.25. The third-order valence-corrected chi connectivity index (χ3v) is 3.78. The van der Waals surface area contributed by atoms with Crippen molar-refractivity contribution < 1.29 is 0 Å². The van der Waals surface area contributed by atoms with Gasteiger partial charge in [0.1, 0.15) is 18.2 Å². The highest BCUT2D eigenvalue weighted by molar-refractivity contribution is 9.10. The Kier molecular flexibility index (Phi) is 5.89. The van der Waals surface area contributed by atoms with Crippen molar-refractivity contribution in [3.05, 3.63) is 28.5 Å². The molecule has 0 amide bonds. The number of likely N-dealkylation sites (N-methyl/N-ethyl adjacent to an activating group) is 1. The molecule has 8 heteroatoms. The average Bonchev–Trinajstić information content (AvgIpc) is 3.09. The molecular weight excluding hydrogens is 334 g/mol. The van der Waals surface area contributed by atoms with Gasteiger partial charge in [0.2, 0.25) is 0 Å². The van der Waals surface area contributed by atoms with Crippen LogP contribution in [0.5, 0.6) is 0 Å². The third kappa shape index (κ3) is 4.12. The SMILES string of the molecule is CCCNC(c1ncn[nH]1)c1c(Br)cnn1CCN(C)C. The highest BCUT2D eigenvalue weighted by Gasteiger charge is 2.23. The number of hydrogen-bond acceptors (Lipinski definition) is 5. The zero-order valence-corrected chi connectivity index (χ0v) is 14.3. The number of aromatic amines is 1. The fourth-order valence-corrected chi connectivity index (χ4v) is 2.62. The van der Waals surface area contributed by atoms with Crippen LogP contribution in [0.15, 0.2) is 17.0 Å². The first-order chi connectivity index (χ1) is 10.1. The quantitative estimate of drug-likeness (QED) is 0.748. The lowest BCUT2D eigenvalue weighted by Gasteiger charge is -2.19. The lowest BCUT2D eigenvalue weighted by atomic mass is 10.2. The van der Waals surface area contributed by atoms with Gasteiger partial charge in [-0.25, -0.2) is 4.98 Å². The zero-order valence-electron chi connectivity index (χ0n) is 12.7. The maximum Gasteiger partial charge on any atom is 0.147 e. The van der Waals surface area contributed by atoms with E-state index in [-0.39, 0.29) is 6.04 Å². The van der Waals surface area contributed by atoms with Crippen molar-refractivity contribution in [2.75, 3.05) is 27.2 Å². The van der Waals surface area contributed by atoms with Crippen molar-refractivity contribution in [1.29, 1.82) is 0 Å². The maximum atomic E-state index is 4.47. The number of hydrogen-bond donors (Lipinski definition) is 2. The van der Waals surface area contributed by atoms with Gasteiger partial charge < -0.3 is 10.2 Å². The molecule has 0 bridgehead atoms. The Labute approximate surface area is 133 Å². The molecule has 0 saturated carbocycles.